The minimum atomic E-state index is -3.98. The summed E-state index contributed by atoms with van der Waals surface area (Å²) in [6.45, 7) is 13.4. The number of hydrogen-bond acceptors (Lipinski definition) is 6. The predicted octanol–water partition coefficient (Wildman–Crippen LogP) is 6.75. The number of aliphatic hydroxyl groups is 1. The van der Waals surface area contributed by atoms with Crippen molar-refractivity contribution in [3.63, 3.8) is 0 Å². The number of halogens is 1. The maximum atomic E-state index is 13.5. The summed E-state index contributed by atoms with van der Waals surface area (Å²) in [5, 5.41) is 11.0. The maximum absolute atomic E-state index is 13.5. The third-order valence-corrected chi connectivity index (χ3v) is 11.7. The van der Waals surface area contributed by atoms with Crippen molar-refractivity contribution in [2.75, 3.05) is 24.6 Å². The number of sulfonamides is 1. The van der Waals surface area contributed by atoms with Gasteiger partial charge in [-0.05, 0) is 105 Å². The summed E-state index contributed by atoms with van der Waals surface area (Å²) in [5.74, 6) is -0.0989. The van der Waals surface area contributed by atoms with E-state index in [1.165, 1.54) is 0 Å². The Hall–Kier alpha value is -2.55. The number of hydrogen-bond donors (Lipinski definition) is 2. The number of carbonyl (C=O) groups is 1. The van der Waals surface area contributed by atoms with Gasteiger partial charge in [-0.2, -0.15) is 0 Å². The molecule has 2 aliphatic heterocycles. The normalized spacial score (nSPS) is 30.9. The highest BCUT2D eigenvalue weighted by Crippen LogP contribution is 2.41. The van der Waals surface area contributed by atoms with Crippen molar-refractivity contribution in [3.8, 4) is 5.75 Å². The smallest absolute Gasteiger partial charge is 0.264 e. The fourth-order valence-electron chi connectivity index (χ4n) is 6.66. The van der Waals surface area contributed by atoms with Crippen molar-refractivity contribution in [1.82, 2.24) is 4.72 Å². The van der Waals surface area contributed by atoms with Crippen molar-refractivity contribution in [1.29, 1.82) is 0 Å². The van der Waals surface area contributed by atoms with Crippen LogP contribution < -0.4 is 14.4 Å². The van der Waals surface area contributed by atoms with Gasteiger partial charge in [-0.3, -0.25) is 4.79 Å². The summed E-state index contributed by atoms with van der Waals surface area (Å²) in [6, 6.07) is 5.12. The lowest BCUT2D eigenvalue weighted by Crippen LogP contribution is -2.44. The molecule has 9 heteroatoms. The molecule has 5 atom stereocenters. The molecule has 1 aliphatic carbocycles. The van der Waals surface area contributed by atoms with Gasteiger partial charge in [0.15, 0.2) is 0 Å². The zero-order valence-corrected chi connectivity index (χ0v) is 27.5. The van der Waals surface area contributed by atoms with Crippen LogP contribution in [0.2, 0.25) is 0 Å². The van der Waals surface area contributed by atoms with Crippen molar-refractivity contribution in [3.05, 3.63) is 70.8 Å². The molecule has 0 unspecified atom stereocenters. The molecule has 2 N–H and O–H groups in total. The van der Waals surface area contributed by atoms with Crippen molar-refractivity contribution in [2.45, 2.75) is 77.6 Å². The first-order valence-corrected chi connectivity index (χ1v) is 17.5. The van der Waals surface area contributed by atoms with Gasteiger partial charge in [0.1, 0.15) is 12.4 Å². The molecule has 43 heavy (non-hydrogen) atoms. The van der Waals surface area contributed by atoms with Gasteiger partial charge >= 0.3 is 0 Å². The van der Waals surface area contributed by atoms with Gasteiger partial charge in [0.05, 0.1) is 17.0 Å². The fourth-order valence-corrected chi connectivity index (χ4v) is 8.74. The molecule has 0 aromatic heterocycles. The first kappa shape index (κ1) is 33.3. The molecule has 4 rings (SSSR count). The monoisotopic (exact) mass is 630 g/mol. The molecule has 7 nitrogen and oxygen atoms in total. The first-order valence-electron chi connectivity index (χ1n) is 15.5. The van der Waals surface area contributed by atoms with E-state index < -0.39 is 27.3 Å². The Kier molecular flexibility index (Phi) is 11.2. The van der Waals surface area contributed by atoms with E-state index in [0.717, 1.165) is 55.5 Å². The Balaban J connectivity index is 1.76. The fraction of sp³-hybridized carbons (Fsp3) is 0.559. The Morgan fingerprint density at radius 3 is 2.70 bits per heavy atom. The number of fused-ring (bicyclic) bond motifs is 2. The van der Waals surface area contributed by atoms with E-state index in [0.29, 0.717) is 23.7 Å². The summed E-state index contributed by atoms with van der Waals surface area (Å²) >= 11 is 6.34. The largest absolute Gasteiger partial charge is 0.487 e. The topological polar surface area (TPSA) is 95.9 Å². The van der Waals surface area contributed by atoms with Crippen LogP contribution in [-0.4, -0.2) is 50.5 Å². The highest BCUT2D eigenvalue weighted by molar-refractivity contribution is 7.90. The molecule has 1 fully saturated rings. The van der Waals surface area contributed by atoms with Crippen LogP contribution in [0.5, 0.6) is 5.75 Å². The Morgan fingerprint density at radius 2 is 2.02 bits per heavy atom. The molecule has 2 heterocycles. The maximum Gasteiger partial charge on any atom is 0.264 e. The van der Waals surface area contributed by atoms with Gasteiger partial charge in [0, 0.05) is 23.7 Å². The minimum absolute atomic E-state index is 0.121. The number of ether oxygens (including phenoxy) is 1. The Bertz CT molecular complexity index is 1380. The van der Waals surface area contributed by atoms with E-state index in [1.807, 2.05) is 52.0 Å². The van der Waals surface area contributed by atoms with E-state index in [4.69, 9.17) is 16.3 Å². The van der Waals surface area contributed by atoms with E-state index in [-0.39, 0.29) is 35.8 Å². The third-order valence-electron chi connectivity index (χ3n) is 9.15. The number of aliphatic hydroxyl groups excluding tert-OH is 1. The number of rotatable bonds is 2. The zero-order chi connectivity index (χ0) is 31.3. The number of allylic oxidation sites excluding steroid dienone is 4. The van der Waals surface area contributed by atoms with Gasteiger partial charge in [-0.15, -0.1) is 0 Å². The average Bonchev–Trinajstić information content (AvgIpc) is 2.94. The molecule has 236 valence electrons. The SMILES string of the molecule is C=C1COc2ccc3cc2N(CCCC/C1=C/C(Cl)=C\C)C[C@@H]1CC[C@H]1[C@@H](O)/C=C/C[C@@H](C)[C@@H](C(C)C)S(=O)(=O)NC3=O. The number of anilines is 1. The van der Waals surface area contributed by atoms with Gasteiger partial charge < -0.3 is 14.7 Å². The number of carbonyl (C=O) groups excluding carboxylic acids is 1. The molecule has 0 radical (unpaired) electrons. The van der Waals surface area contributed by atoms with Gasteiger partial charge in [0.25, 0.3) is 5.91 Å². The second kappa shape index (κ2) is 14.5. The Morgan fingerprint density at radius 1 is 1.26 bits per heavy atom. The lowest BCUT2D eigenvalue weighted by atomic mass is 9.70. The minimum Gasteiger partial charge on any atom is -0.487 e. The van der Waals surface area contributed by atoms with E-state index in [2.05, 4.69) is 16.2 Å². The predicted molar refractivity (Wildman–Crippen MR) is 175 cm³/mol. The highest BCUT2D eigenvalue weighted by Gasteiger charge is 2.38. The number of nitrogens with one attached hydrogen (secondary N) is 1. The van der Waals surface area contributed by atoms with Crippen LogP contribution in [0.1, 0.15) is 76.6 Å². The van der Waals surface area contributed by atoms with Crippen LogP contribution in [0, 0.1) is 23.7 Å². The van der Waals surface area contributed by atoms with Crippen LogP contribution in [0.25, 0.3) is 0 Å². The molecule has 1 aromatic carbocycles. The molecular weight excluding hydrogens is 584 g/mol. The summed E-state index contributed by atoms with van der Waals surface area (Å²) in [6.07, 6.45) is 12.0. The molecule has 2 bridgehead atoms. The second-order valence-corrected chi connectivity index (χ2v) is 14.9. The van der Waals surface area contributed by atoms with Crippen LogP contribution in [0.15, 0.2) is 65.3 Å². The molecule has 0 saturated heterocycles. The second-order valence-electron chi connectivity index (χ2n) is 12.6. The highest BCUT2D eigenvalue weighted by atomic mass is 35.5. The summed E-state index contributed by atoms with van der Waals surface area (Å²) < 4.78 is 35.8. The van der Waals surface area contributed by atoms with Crippen molar-refractivity contribution in [2.24, 2.45) is 23.7 Å². The van der Waals surface area contributed by atoms with Gasteiger partial charge in [0.2, 0.25) is 10.0 Å². The lowest BCUT2D eigenvalue weighted by Gasteiger charge is -2.42. The number of amides is 1. The summed E-state index contributed by atoms with van der Waals surface area (Å²) in [7, 11) is -3.98. The quantitative estimate of drug-likeness (QED) is 0.351. The third kappa shape index (κ3) is 8.14. The molecule has 1 aromatic rings. The lowest BCUT2D eigenvalue weighted by molar-refractivity contribution is 0.0461. The average molecular weight is 631 g/mol. The van der Waals surface area contributed by atoms with Crippen molar-refractivity contribution >= 4 is 33.2 Å². The standard InChI is InChI=1S/C34H47ClN2O5S/c1-6-28(35)18-25-11-7-8-17-37-20-27-13-15-29(27)31(38)12-9-10-23(4)33(22(2)3)43(40,41)36-34(39)26-14-16-32(30(37)19-26)42-21-24(25)5/h6,9,12,14,16,18-19,22-23,27,29,31,33,38H,5,7-8,10-11,13,15,17,20-21H2,1-4H3,(H,36,39)/b12-9+,25-18-,28-6+/t23-,27+,29-,31+,33-/m1/s1. The molecule has 0 spiro atoms. The summed E-state index contributed by atoms with van der Waals surface area (Å²) in [4.78, 5) is 15.7. The molecule has 3 aliphatic rings. The van der Waals surface area contributed by atoms with Crippen LogP contribution in [0.3, 0.4) is 0 Å². The van der Waals surface area contributed by atoms with Crippen LogP contribution in [0.4, 0.5) is 5.69 Å². The van der Waals surface area contributed by atoms with Gasteiger partial charge in [-0.25, -0.2) is 13.1 Å². The molecule has 1 saturated carbocycles. The number of nitrogens with zero attached hydrogens (tertiary/aromatic N) is 1. The zero-order valence-electron chi connectivity index (χ0n) is 25.9. The van der Waals surface area contributed by atoms with Gasteiger partial charge in [-0.1, -0.05) is 57.2 Å². The van der Waals surface area contributed by atoms with Crippen LogP contribution >= 0.6 is 11.6 Å². The van der Waals surface area contributed by atoms with Crippen molar-refractivity contribution < 1.29 is 23.1 Å². The van der Waals surface area contributed by atoms with E-state index in [1.54, 1.807) is 18.2 Å². The first-order chi connectivity index (χ1) is 20.4. The summed E-state index contributed by atoms with van der Waals surface area (Å²) in [5.41, 5.74) is 2.89. The van der Waals surface area contributed by atoms with Crippen LogP contribution in [-0.2, 0) is 10.0 Å². The van der Waals surface area contributed by atoms with E-state index >= 15 is 0 Å². The number of benzene rings is 1. The van der Waals surface area contributed by atoms with E-state index in [9.17, 15) is 18.3 Å². The molecular formula is C34H47ClN2O5S. The molecule has 1 amide bonds. The Labute approximate surface area is 262 Å².